The van der Waals surface area contributed by atoms with E-state index in [1.807, 2.05) is 48.5 Å². The van der Waals surface area contributed by atoms with Crippen LogP contribution in [0.5, 0.6) is 0 Å². The Balaban J connectivity index is 1.64. The Kier molecular flexibility index (Phi) is 12.2. The maximum absolute atomic E-state index is 13.0. The van der Waals surface area contributed by atoms with Crippen LogP contribution in [0.4, 0.5) is 0 Å². The predicted molar refractivity (Wildman–Crippen MR) is 161 cm³/mol. The number of carbonyl (C=O) groups excluding carboxylic acids is 5. The molecule has 0 saturated carbocycles. The van der Waals surface area contributed by atoms with Gasteiger partial charge < -0.3 is 24.3 Å². The summed E-state index contributed by atoms with van der Waals surface area (Å²) in [4.78, 5) is 62.3. The highest BCUT2D eigenvalue weighted by atomic mass is 32.2. The fraction of sp³-hybridized carbons (Fsp3) is 0.469. The van der Waals surface area contributed by atoms with Gasteiger partial charge in [-0.3, -0.25) is 24.0 Å². The number of ether oxygens (including phenoxy) is 4. The molecule has 43 heavy (non-hydrogen) atoms. The molecule has 0 heterocycles. The first kappa shape index (κ1) is 33.6. The zero-order valence-corrected chi connectivity index (χ0v) is 26.0. The highest BCUT2D eigenvalue weighted by Crippen LogP contribution is 2.44. The van der Waals surface area contributed by atoms with E-state index in [1.165, 1.54) is 26.0 Å². The lowest BCUT2D eigenvalue weighted by Crippen LogP contribution is -2.37. The molecular formula is C32H39NO9S. The number of methoxy groups -OCH3 is 2. The van der Waals surface area contributed by atoms with E-state index < -0.39 is 47.2 Å². The molecule has 2 atom stereocenters. The first-order valence-corrected chi connectivity index (χ1v) is 15.1. The molecule has 0 aliphatic heterocycles. The number of carbonyl (C=O) groups is 5. The topological polar surface area (TPSA) is 134 Å². The summed E-state index contributed by atoms with van der Waals surface area (Å²) < 4.78 is 20.5. The molecule has 3 rings (SSSR count). The van der Waals surface area contributed by atoms with Crippen LogP contribution in [0.15, 0.2) is 48.5 Å². The Morgan fingerprint density at radius 1 is 0.791 bits per heavy atom. The van der Waals surface area contributed by atoms with E-state index in [1.54, 1.807) is 20.8 Å². The van der Waals surface area contributed by atoms with Crippen molar-refractivity contribution in [2.75, 3.05) is 38.9 Å². The van der Waals surface area contributed by atoms with Gasteiger partial charge in [0.2, 0.25) is 5.91 Å². The maximum Gasteiger partial charge on any atom is 0.325 e. The predicted octanol–water partition coefficient (Wildman–Crippen LogP) is 3.89. The van der Waals surface area contributed by atoms with Crippen LogP contribution in [0.2, 0.25) is 0 Å². The highest BCUT2D eigenvalue weighted by molar-refractivity contribution is 7.99. The van der Waals surface area contributed by atoms with Crippen molar-refractivity contribution in [3.05, 3.63) is 59.7 Å². The van der Waals surface area contributed by atoms with Gasteiger partial charge in [-0.2, -0.15) is 11.8 Å². The van der Waals surface area contributed by atoms with E-state index in [4.69, 9.17) is 14.2 Å². The van der Waals surface area contributed by atoms with Crippen molar-refractivity contribution in [2.24, 2.45) is 11.8 Å². The largest absolute Gasteiger partial charge is 0.469 e. The van der Waals surface area contributed by atoms with Gasteiger partial charge in [0, 0.05) is 17.4 Å². The van der Waals surface area contributed by atoms with Crippen molar-refractivity contribution in [1.29, 1.82) is 0 Å². The van der Waals surface area contributed by atoms with E-state index in [0.29, 0.717) is 0 Å². The number of benzene rings is 2. The van der Waals surface area contributed by atoms with Gasteiger partial charge in [0.1, 0.15) is 18.8 Å². The molecule has 2 aromatic carbocycles. The fourth-order valence-corrected chi connectivity index (χ4v) is 6.02. The molecule has 2 aromatic rings. The monoisotopic (exact) mass is 613 g/mol. The standard InChI is InChI=1S/C32H39NO9S/c1-32(2,3)42-28(35)15-21(31(38)40-5)19-43-18-20(30(37)33-16-29(36)39-4)14-27(34)41-17-26-24-12-8-6-10-22(24)23-11-7-9-13-25(23)26/h6-13,20-21,26H,14-19H2,1-5H3,(H,33,37)/t20-,21+/m1/s1. The lowest BCUT2D eigenvalue weighted by atomic mass is 9.98. The van der Waals surface area contributed by atoms with Crippen LogP contribution >= 0.6 is 11.8 Å². The zero-order valence-electron chi connectivity index (χ0n) is 25.2. The minimum atomic E-state index is -0.870. The first-order valence-electron chi connectivity index (χ1n) is 14.0. The molecule has 0 bridgehead atoms. The Bertz CT molecular complexity index is 1270. The second-order valence-electron chi connectivity index (χ2n) is 11.2. The van der Waals surface area contributed by atoms with Gasteiger partial charge in [-0.1, -0.05) is 48.5 Å². The Morgan fingerprint density at radius 3 is 1.91 bits per heavy atom. The normalized spacial score (nSPS) is 13.6. The zero-order chi connectivity index (χ0) is 31.6. The van der Waals surface area contributed by atoms with Crippen LogP contribution in [0.1, 0.15) is 50.7 Å². The number of rotatable bonds is 14. The number of thioether (sulfide) groups is 1. The van der Waals surface area contributed by atoms with Crippen molar-refractivity contribution in [1.82, 2.24) is 5.32 Å². The molecule has 0 aromatic heterocycles. The number of amides is 1. The Morgan fingerprint density at radius 2 is 1.35 bits per heavy atom. The minimum absolute atomic E-state index is 0.108. The van der Waals surface area contributed by atoms with Crippen LogP contribution in [0.25, 0.3) is 11.1 Å². The van der Waals surface area contributed by atoms with E-state index in [-0.39, 0.29) is 43.4 Å². The van der Waals surface area contributed by atoms with Crippen LogP contribution in [0.3, 0.4) is 0 Å². The van der Waals surface area contributed by atoms with Crippen LogP contribution in [-0.4, -0.2) is 74.3 Å². The highest BCUT2D eigenvalue weighted by Gasteiger charge is 2.31. The van der Waals surface area contributed by atoms with E-state index in [0.717, 1.165) is 22.3 Å². The van der Waals surface area contributed by atoms with Gasteiger partial charge in [0.25, 0.3) is 0 Å². The smallest absolute Gasteiger partial charge is 0.325 e. The van der Waals surface area contributed by atoms with Crippen LogP contribution in [-0.2, 0) is 42.9 Å². The summed E-state index contributed by atoms with van der Waals surface area (Å²) in [7, 11) is 2.44. The summed E-state index contributed by atoms with van der Waals surface area (Å²) in [6.07, 6.45) is -0.437. The molecule has 1 aliphatic carbocycles. The summed E-state index contributed by atoms with van der Waals surface area (Å²) in [6.45, 7) is 4.94. The lowest BCUT2D eigenvalue weighted by Gasteiger charge is -2.22. The average molecular weight is 614 g/mol. The second kappa shape index (κ2) is 15.6. The third-order valence-corrected chi connectivity index (χ3v) is 8.07. The molecule has 11 heteroatoms. The second-order valence-corrected chi connectivity index (χ2v) is 12.2. The molecule has 0 radical (unpaired) electrons. The van der Waals surface area contributed by atoms with E-state index in [2.05, 4.69) is 10.1 Å². The van der Waals surface area contributed by atoms with Gasteiger partial charge in [-0.05, 0) is 43.0 Å². The summed E-state index contributed by atoms with van der Waals surface area (Å²) >= 11 is 1.21. The molecule has 0 fully saturated rings. The molecular weight excluding hydrogens is 574 g/mol. The Hall–Kier alpha value is -3.86. The van der Waals surface area contributed by atoms with Gasteiger partial charge in [-0.25, -0.2) is 0 Å². The number of hydrogen-bond donors (Lipinski definition) is 1. The minimum Gasteiger partial charge on any atom is -0.469 e. The van der Waals surface area contributed by atoms with Gasteiger partial charge in [0.05, 0.1) is 38.9 Å². The summed E-state index contributed by atoms with van der Waals surface area (Å²) in [5.74, 6) is -4.41. The molecule has 232 valence electrons. The lowest BCUT2D eigenvalue weighted by molar-refractivity contribution is -0.160. The van der Waals surface area contributed by atoms with Crippen LogP contribution < -0.4 is 5.32 Å². The summed E-state index contributed by atoms with van der Waals surface area (Å²) in [6, 6.07) is 15.9. The number of esters is 4. The first-order chi connectivity index (χ1) is 20.4. The number of hydrogen-bond acceptors (Lipinski definition) is 10. The van der Waals surface area contributed by atoms with Crippen molar-refractivity contribution >= 4 is 41.5 Å². The van der Waals surface area contributed by atoms with Crippen molar-refractivity contribution in [3.63, 3.8) is 0 Å². The quantitative estimate of drug-likeness (QED) is 0.247. The van der Waals surface area contributed by atoms with E-state index >= 15 is 0 Å². The van der Waals surface area contributed by atoms with E-state index in [9.17, 15) is 24.0 Å². The van der Waals surface area contributed by atoms with Crippen molar-refractivity contribution < 1.29 is 42.9 Å². The fourth-order valence-electron chi connectivity index (χ4n) is 4.79. The molecule has 0 saturated heterocycles. The number of fused-ring (bicyclic) bond motifs is 3. The Labute approximate surface area is 256 Å². The molecule has 1 amide bonds. The third-order valence-electron chi connectivity index (χ3n) is 6.80. The summed E-state index contributed by atoms with van der Waals surface area (Å²) in [5.41, 5.74) is 3.62. The average Bonchev–Trinajstić information content (AvgIpc) is 3.29. The van der Waals surface area contributed by atoms with Gasteiger partial charge >= 0.3 is 23.9 Å². The van der Waals surface area contributed by atoms with Gasteiger partial charge in [-0.15, -0.1) is 0 Å². The molecule has 0 spiro atoms. The van der Waals surface area contributed by atoms with Gasteiger partial charge in [0.15, 0.2) is 0 Å². The van der Waals surface area contributed by atoms with Crippen LogP contribution in [0, 0.1) is 11.8 Å². The molecule has 10 nitrogen and oxygen atoms in total. The SMILES string of the molecule is COC(=O)CNC(=O)[C@@H](CSC[C@H](CC(=O)OC(C)(C)C)C(=O)OC)CC(=O)OCC1c2ccccc2-c2ccccc21. The summed E-state index contributed by atoms with van der Waals surface area (Å²) in [5, 5.41) is 2.49. The molecule has 1 aliphatic rings. The molecule has 0 unspecified atom stereocenters. The maximum atomic E-state index is 13.0. The van der Waals surface area contributed by atoms with Crippen molar-refractivity contribution in [2.45, 2.75) is 45.1 Å². The third kappa shape index (κ3) is 9.84. The number of nitrogens with one attached hydrogen (secondary N) is 1. The molecule has 1 N–H and O–H groups in total. The van der Waals surface area contributed by atoms with Crippen molar-refractivity contribution in [3.8, 4) is 11.1 Å².